The maximum atomic E-state index is 12.3. The molecule has 106 valence electrons. The predicted octanol–water partition coefficient (Wildman–Crippen LogP) is 3.92. The molecule has 0 spiro atoms. The van der Waals surface area contributed by atoms with Crippen molar-refractivity contribution < 1.29 is 14.0 Å². The van der Waals surface area contributed by atoms with Gasteiger partial charge in [0.1, 0.15) is 0 Å². The van der Waals surface area contributed by atoms with E-state index < -0.39 is 15.4 Å². The van der Waals surface area contributed by atoms with Crippen LogP contribution in [0.3, 0.4) is 0 Å². The lowest BCUT2D eigenvalue weighted by atomic mass is 9.89. The fourth-order valence-corrected chi connectivity index (χ4v) is 13.6. The Hall–Kier alpha value is -0.136. The highest BCUT2D eigenvalue weighted by atomic mass is 29.3. The second-order valence-corrected chi connectivity index (χ2v) is 20.4. The molecule has 0 bridgehead atoms. The summed E-state index contributed by atoms with van der Waals surface area (Å²) in [6.45, 7) is 13.1. The standard InChI is InChI=1S/C13H28O3Si2/c1-8-9-11-10-18(7,12(14)15-4)17(5,6)16-13(11,2)3/h11H,8-10H2,1-7H3. The first-order valence-corrected chi connectivity index (χ1v) is 13.5. The van der Waals surface area contributed by atoms with E-state index in [2.05, 4.69) is 40.4 Å². The molecule has 0 amide bonds. The van der Waals surface area contributed by atoms with Gasteiger partial charge in [-0.3, -0.25) is 4.79 Å². The highest BCUT2D eigenvalue weighted by Crippen LogP contribution is 2.45. The Kier molecular flexibility index (Phi) is 4.51. The minimum Gasteiger partial charge on any atom is -0.474 e. The Morgan fingerprint density at radius 2 is 1.94 bits per heavy atom. The Balaban J connectivity index is 3.10. The Bertz CT molecular complexity index is 328. The van der Waals surface area contributed by atoms with E-state index in [1.54, 1.807) is 0 Å². The molecule has 0 N–H and O–H groups in total. The molecule has 1 aliphatic heterocycles. The zero-order valence-electron chi connectivity index (χ0n) is 12.9. The maximum Gasteiger partial charge on any atom is 0.271 e. The van der Waals surface area contributed by atoms with Gasteiger partial charge in [0.15, 0.2) is 7.83 Å². The van der Waals surface area contributed by atoms with Crippen LogP contribution in [0.2, 0.25) is 25.7 Å². The summed E-state index contributed by atoms with van der Waals surface area (Å²) in [6, 6.07) is 1.03. The molecule has 0 aromatic carbocycles. The minimum absolute atomic E-state index is 0.0377. The van der Waals surface area contributed by atoms with E-state index in [-0.39, 0.29) is 11.2 Å². The third-order valence-electron chi connectivity index (χ3n) is 4.76. The maximum absolute atomic E-state index is 12.3. The molecule has 0 saturated carbocycles. The van der Waals surface area contributed by atoms with E-state index in [4.69, 9.17) is 9.16 Å². The van der Waals surface area contributed by atoms with E-state index in [9.17, 15) is 4.79 Å². The lowest BCUT2D eigenvalue weighted by Crippen LogP contribution is -2.72. The summed E-state index contributed by atoms with van der Waals surface area (Å²) in [7, 11) is -2.56. The summed E-state index contributed by atoms with van der Waals surface area (Å²) in [5.74, 6) is 0.485. The quantitative estimate of drug-likeness (QED) is 0.738. The molecule has 3 nitrogen and oxygen atoms in total. The van der Waals surface area contributed by atoms with Crippen LogP contribution < -0.4 is 0 Å². The molecule has 2 atom stereocenters. The van der Waals surface area contributed by atoms with E-state index in [1.807, 2.05) is 0 Å². The van der Waals surface area contributed by atoms with Gasteiger partial charge in [0.05, 0.1) is 12.7 Å². The van der Waals surface area contributed by atoms with Crippen molar-refractivity contribution >= 4 is 21.0 Å². The van der Waals surface area contributed by atoms with Gasteiger partial charge in [-0.15, -0.1) is 0 Å². The van der Waals surface area contributed by atoms with Gasteiger partial charge in [0, 0.05) is 0 Å². The monoisotopic (exact) mass is 288 g/mol. The van der Waals surface area contributed by atoms with E-state index in [0.29, 0.717) is 5.92 Å². The van der Waals surface area contributed by atoms with Crippen molar-refractivity contribution in [2.45, 2.75) is 64.9 Å². The second kappa shape index (κ2) is 5.09. The third-order valence-corrected chi connectivity index (χ3v) is 20.4. The molecule has 0 aliphatic carbocycles. The van der Waals surface area contributed by atoms with Crippen LogP contribution in [0, 0.1) is 5.92 Å². The minimum atomic E-state index is -2.10. The topological polar surface area (TPSA) is 35.5 Å². The third kappa shape index (κ3) is 2.58. The van der Waals surface area contributed by atoms with Gasteiger partial charge in [-0.05, 0) is 45.3 Å². The van der Waals surface area contributed by atoms with Crippen LogP contribution in [0.15, 0.2) is 0 Å². The van der Waals surface area contributed by atoms with Crippen LogP contribution in [0.4, 0.5) is 4.79 Å². The Morgan fingerprint density at radius 1 is 1.39 bits per heavy atom. The number of rotatable bonds is 3. The molecule has 1 rings (SSSR count). The molecule has 0 aromatic rings. The first-order valence-electron chi connectivity index (χ1n) is 6.89. The molecule has 0 radical (unpaired) electrons. The molecule has 1 saturated heterocycles. The van der Waals surface area contributed by atoms with Gasteiger partial charge >= 0.3 is 0 Å². The molecule has 18 heavy (non-hydrogen) atoms. The Labute approximate surface area is 113 Å². The van der Waals surface area contributed by atoms with Crippen LogP contribution >= 0.6 is 0 Å². The smallest absolute Gasteiger partial charge is 0.271 e. The van der Waals surface area contributed by atoms with Crippen LogP contribution in [0.25, 0.3) is 0 Å². The van der Waals surface area contributed by atoms with Crippen molar-refractivity contribution in [1.29, 1.82) is 0 Å². The SMILES string of the molecule is CCCC1C[Si](C)(C(=O)OC)[Si](C)(C)OC1(C)C. The number of hydrogen-bond donors (Lipinski definition) is 0. The van der Waals surface area contributed by atoms with Gasteiger partial charge in [-0.1, -0.05) is 19.9 Å². The largest absolute Gasteiger partial charge is 0.474 e. The van der Waals surface area contributed by atoms with Gasteiger partial charge in [0.2, 0.25) is 7.59 Å². The summed E-state index contributed by atoms with van der Waals surface area (Å²) in [6.07, 6.45) is 2.28. The Morgan fingerprint density at radius 3 is 2.39 bits per heavy atom. The van der Waals surface area contributed by atoms with E-state index in [1.165, 1.54) is 7.11 Å². The molecular weight excluding hydrogens is 260 g/mol. The van der Waals surface area contributed by atoms with E-state index >= 15 is 0 Å². The second-order valence-electron chi connectivity index (χ2n) is 6.73. The fourth-order valence-electron chi connectivity index (χ4n) is 3.19. The number of methoxy groups -OCH3 is 1. The molecule has 2 unspecified atom stereocenters. The first-order chi connectivity index (χ1) is 8.10. The van der Waals surface area contributed by atoms with Crippen LogP contribution in [0.1, 0.15) is 33.6 Å². The molecule has 1 fully saturated rings. The van der Waals surface area contributed by atoms with Crippen molar-refractivity contribution in [3.05, 3.63) is 0 Å². The van der Waals surface area contributed by atoms with Gasteiger partial charge in [0.25, 0.3) is 5.59 Å². The number of ether oxygens (including phenoxy) is 1. The summed E-state index contributed by atoms with van der Waals surface area (Å²) in [5, 5.41) is 0. The summed E-state index contributed by atoms with van der Waals surface area (Å²) >= 11 is 0. The van der Waals surface area contributed by atoms with Crippen LogP contribution in [-0.4, -0.2) is 33.7 Å². The lowest BCUT2D eigenvalue weighted by Gasteiger charge is -2.53. The van der Waals surface area contributed by atoms with Crippen molar-refractivity contribution in [3.8, 4) is 0 Å². The van der Waals surface area contributed by atoms with Gasteiger partial charge in [-0.25, -0.2) is 0 Å². The highest BCUT2D eigenvalue weighted by molar-refractivity contribution is 7.49. The first kappa shape index (κ1) is 15.9. The van der Waals surface area contributed by atoms with Gasteiger partial charge in [-0.2, -0.15) is 0 Å². The normalized spacial score (nSPS) is 34.1. The van der Waals surface area contributed by atoms with Crippen LogP contribution in [-0.2, 0) is 9.16 Å². The predicted molar refractivity (Wildman–Crippen MR) is 79.9 cm³/mol. The van der Waals surface area contributed by atoms with Crippen molar-refractivity contribution in [2.75, 3.05) is 7.11 Å². The molecule has 0 aromatic heterocycles. The lowest BCUT2D eigenvalue weighted by molar-refractivity contribution is 0.0341. The fraction of sp³-hybridized carbons (Fsp3) is 0.923. The summed E-state index contributed by atoms with van der Waals surface area (Å²) < 4.78 is 11.6. The van der Waals surface area contributed by atoms with Crippen molar-refractivity contribution in [3.63, 3.8) is 0 Å². The van der Waals surface area contributed by atoms with Crippen LogP contribution in [0.5, 0.6) is 0 Å². The highest BCUT2D eigenvalue weighted by Gasteiger charge is 2.61. The number of hydrogen-bond acceptors (Lipinski definition) is 3. The molecule has 1 aliphatic rings. The van der Waals surface area contributed by atoms with Crippen molar-refractivity contribution in [2.24, 2.45) is 5.92 Å². The summed E-state index contributed by atoms with van der Waals surface area (Å²) in [5.41, 5.74) is -0.0533. The average molecular weight is 289 g/mol. The average Bonchev–Trinajstić information content (AvgIpc) is 2.23. The molecule has 5 heteroatoms. The zero-order chi connectivity index (χ0) is 14.2. The van der Waals surface area contributed by atoms with E-state index in [0.717, 1.165) is 18.9 Å². The van der Waals surface area contributed by atoms with Gasteiger partial charge < -0.3 is 9.16 Å². The van der Waals surface area contributed by atoms with Crippen molar-refractivity contribution in [1.82, 2.24) is 0 Å². The molecule has 1 heterocycles. The molecular formula is C13H28O3Si2. The zero-order valence-corrected chi connectivity index (χ0v) is 14.9. The number of carbonyl (C=O) groups is 1. The number of carbonyl (C=O) groups excluding carboxylic acids is 1. The summed E-state index contributed by atoms with van der Waals surface area (Å²) in [4.78, 5) is 12.3.